The fourth-order valence-corrected chi connectivity index (χ4v) is 1.85. The van der Waals surface area contributed by atoms with Crippen molar-refractivity contribution in [2.45, 2.75) is 6.92 Å². The minimum absolute atomic E-state index is 0.0777. The molecule has 0 bridgehead atoms. The van der Waals surface area contributed by atoms with E-state index in [1.165, 1.54) is 12.3 Å². The third kappa shape index (κ3) is 3.28. The monoisotopic (exact) mass is 305 g/mol. The van der Waals surface area contributed by atoms with Crippen LogP contribution in [0.25, 0.3) is 11.3 Å². The van der Waals surface area contributed by atoms with Gasteiger partial charge < -0.3 is 9.84 Å². The Balaban J connectivity index is 2.62. The van der Waals surface area contributed by atoms with E-state index < -0.39 is 23.4 Å². The Morgan fingerprint density at radius 3 is 2.64 bits per heavy atom. The number of nitrogens with zero attached hydrogens (tertiary/aromatic N) is 1. The Morgan fingerprint density at radius 1 is 1.27 bits per heavy atom. The van der Waals surface area contributed by atoms with Crippen LogP contribution in [-0.4, -0.2) is 22.7 Å². The number of carbonyl (C=O) groups is 1. The standard InChI is InChI=1S/C16H13F2NO3/c1-2-22-16(21)14(13-5-3-4-8-19-13)15(20)11-7-6-10(17)9-12(11)18/h3-9,20H,2H2,1H3/b15-14-. The summed E-state index contributed by atoms with van der Waals surface area (Å²) in [5, 5.41) is 10.3. The van der Waals surface area contributed by atoms with E-state index in [9.17, 15) is 18.7 Å². The van der Waals surface area contributed by atoms with E-state index in [0.717, 1.165) is 12.1 Å². The molecule has 0 saturated carbocycles. The van der Waals surface area contributed by atoms with Gasteiger partial charge in [-0.1, -0.05) is 6.07 Å². The van der Waals surface area contributed by atoms with Gasteiger partial charge in [0, 0.05) is 12.3 Å². The van der Waals surface area contributed by atoms with Gasteiger partial charge in [-0.15, -0.1) is 0 Å². The summed E-state index contributed by atoms with van der Waals surface area (Å²) in [5.41, 5.74) is -0.467. The van der Waals surface area contributed by atoms with Crippen LogP contribution in [0.3, 0.4) is 0 Å². The lowest BCUT2D eigenvalue weighted by molar-refractivity contribution is -0.136. The van der Waals surface area contributed by atoms with Crippen LogP contribution in [0.5, 0.6) is 0 Å². The quantitative estimate of drug-likeness (QED) is 0.534. The van der Waals surface area contributed by atoms with Crippen molar-refractivity contribution in [1.82, 2.24) is 4.98 Å². The van der Waals surface area contributed by atoms with E-state index in [1.807, 2.05) is 0 Å². The molecule has 0 saturated heterocycles. The number of aromatic nitrogens is 1. The molecule has 0 aliphatic carbocycles. The van der Waals surface area contributed by atoms with Crippen molar-refractivity contribution < 1.29 is 23.4 Å². The number of esters is 1. The second-order valence-corrected chi connectivity index (χ2v) is 4.28. The zero-order valence-electron chi connectivity index (χ0n) is 11.7. The molecule has 6 heteroatoms. The molecule has 0 radical (unpaired) electrons. The Kier molecular flexibility index (Phi) is 4.83. The van der Waals surface area contributed by atoms with Gasteiger partial charge in [0.1, 0.15) is 23.0 Å². The Labute approximate surface area is 125 Å². The number of aliphatic hydroxyl groups excluding tert-OH is 1. The van der Waals surface area contributed by atoms with Crippen LogP contribution < -0.4 is 0 Å². The first-order valence-electron chi connectivity index (χ1n) is 6.51. The summed E-state index contributed by atoms with van der Waals surface area (Å²) in [7, 11) is 0. The molecule has 1 aromatic heterocycles. The number of halogens is 2. The number of ether oxygens (including phenoxy) is 1. The van der Waals surface area contributed by atoms with Crippen molar-refractivity contribution in [2.24, 2.45) is 0 Å². The summed E-state index contributed by atoms with van der Waals surface area (Å²) >= 11 is 0. The minimum Gasteiger partial charge on any atom is -0.506 e. The highest BCUT2D eigenvalue weighted by Crippen LogP contribution is 2.26. The lowest BCUT2D eigenvalue weighted by atomic mass is 10.0. The SMILES string of the molecule is CCOC(=O)/C(=C(\O)c1ccc(F)cc1F)c1ccccn1. The summed E-state index contributed by atoms with van der Waals surface area (Å²) in [5.74, 6) is -3.28. The van der Waals surface area contributed by atoms with Gasteiger partial charge in [-0.25, -0.2) is 13.6 Å². The molecule has 0 amide bonds. The number of benzene rings is 1. The smallest absolute Gasteiger partial charge is 0.344 e. The van der Waals surface area contributed by atoms with Crippen LogP contribution in [0.15, 0.2) is 42.6 Å². The van der Waals surface area contributed by atoms with Gasteiger partial charge in [-0.2, -0.15) is 0 Å². The van der Waals surface area contributed by atoms with Crippen LogP contribution in [-0.2, 0) is 9.53 Å². The molecule has 2 aromatic rings. The maximum atomic E-state index is 13.8. The van der Waals surface area contributed by atoms with Gasteiger partial charge >= 0.3 is 5.97 Å². The second kappa shape index (κ2) is 6.80. The average Bonchev–Trinajstić information content (AvgIpc) is 2.48. The average molecular weight is 305 g/mol. The molecule has 0 fully saturated rings. The van der Waals surface area contributed by atoms with Crippen molar-refractivity contribution in [3.05, 3.63) is 65.5 Å². The lowest BCUT2D eigenvalue weighted by Gasteiger charge is -2.10. The lowest BCUT2D eigenvalue weighted by Crippen LogP contribution is -2.11. The number of rotatable bonds is 4. The van der Waals surface area contributed by atoms with Crippen molar-refractivity contribution in [3.63, 3.8) is 0 Å². The maximum Gasteiger partial charge on any atom is 0.344 e. The highest BCUT2D eigenvalue weighted by Gasteiger charge is 2.23. The van der Waals surface area contributed by atoms with Crippen LogP contribution >= 0.6 is 0 Å². The van der Waals surface area contributed by atoms with Gasteiger partial charge in [-0.05, 0) is 31.2 Å². The fourth-order valence-electron chi connectivity index (χ4n) is 1.85. The number of hydrogen-bond donors (Lipinski definition) is 1. The molecule has 2 rings (SSSR count). The normalized spacial score (nSPS) is 11.8. The van der Waals surface area contributed by atoms with Crippen LogP contribution in [0.2, 0.25) is 0 Å². The molecule has 0 aliphatic rings. The summed E-state index contributed by atoms with van der Waals surface area (Å²) in [6.45, 7) is 1.68. The topological polar surface area (TPSA) is 59.4 Å². The number of aliphatic hydroxyl groups is 1. The number of pyridine rings is 1. The summed E-state index contributed by atoms with van der Waals surface area (Å²) in [6, 6.07) is 7.35. The van der Waals surface area contributed by atoms with Crippen molar-refractivity contribution >= 4 is 17.3 Å². The predicted octanol–water partition coefficient (Wildman–Crippen LogP) is 3.35. The van der Waals surface area contributed by atoms with E-state index in [1.54, 1.807) is 19.1 Å². The molecule has 4 nitrogen and oxygen atoms in total. The molecule has 0 spiro atoms. The molecular formula is C16H13F2NO3. The third-order valence-corrected chi connectivity index (χ3v) is 2.82. The molecule has 0 atom stereocenters. The number of hydrogen-bond acceptors (Lipinski definition) is 4. The first kappa shape index (κ1) is 15.6. The largest absolute Gasteiger partial charge is 0.506 e. The molecule has 22 heavy (non-hydrogen) atoms. The molecule has 1 heterocycles. The highest BCUT2D eigenvalue weighted by atomic mass is 19.1. The van der Waals surface area contributed by atoms with E-state index in [4.69, 9.17) is 4.74 Å². The Bertz CT molecular complexity index is 715. The fraction of sp³-hybridized carbons (Fsp3) is 0.125. The van der Waals surface area contributed by atoms with Gasteiger partial charge in [-0.3, -0.25) is 4.98 Å². The summed E-state index contributed by atoms with van der Waals surface area (Å²) in [6.07, 6.45) is 1.42. The first-order chi connectivity index (χ1) is 10.5. The molecular weight excluding hydrogens is 292 g/mol. The maximum absolute atomic E-state index is 13.8. The van der Waals surface area contributed by atoms with E-state index in [0.29, 0.717) is 6.07 Å². The number of carbonyl (C=O) groups excluding carboxylic acids is 1. The van der Waals surface area contributed by atoms with Gasteiger partial charge in [0.2, 0.25) is 0 Å². The first-order valence-corrected chi connectivity index (χ1v) is 6.51. The van der Waals surface area contributed by atoms with Crippen LogP contribution in [0, 0.1) is 11.6 Å². The van der Waals surface area contributed by atoms with Crippen molar-refractivity contribution in [3.8, 4) is 0 Å². The van der Waals surface area contributed by atoms with E-state index >= 15 is 0 Å². The second-order valence-electron chi connectivity index (χ2n) is 4.28. The highest BCUT2D eigenvalue weighted by molar-refractivity contribution is 6.22. The van der Waals surface area contributed by atoms with E-state index in [2.05, 4.69) is 4.98 Å². The molecule has 0 aliphatic heterocycles. The zero-order chi connectivity index (χ0) is 16.1. The van der Waals surface area contributed by atoms with Crippen LogP contribution in [0.4, 0.5) is 8.78 Å². The van der Waals surface area contributed by atoms with Gasteiger partial charge in [0.15, 0.2) is 0 Å². The minimum atomic E-state index is -0.991. The van der Waals surface area contributed by atoms with E-state index in [-0.39, 0.29) is 23.4 Å². The predicted molar refractivity (Wildman–Crippen MR) is 76.7 cm³/mol. The zero-order valence-corrected chi connectivity index (χ0v) is 11.7. The Hall–Kier alpha value is -2.76. The van der Waals surface area contributed by atoms with Crippen molar-refractivity contribution in [1.29, 1.82) is 0 Å². The summed E-state index contributed by atoms with van der Waals surface area (Å²) in [4.78, 5) is 16.0. The Morgan fingerprint density at radius 2 is 2.05 bits per heavy atom. The van der Waals surface area contributed by atoms with Crippen LogP contribution in [0.1, 0.15) is 18.2 Å². The summed E-state index contributed by atoms with van der Waals surface area (Å²) < 4.78 is 31.7. The third-order valence-electron chi connectivity index (χ3n) is 2.82. The van der Waals surface area contributed by atoms with Gasteiger partial charge in [0.25, 0.3) is 0 Å². The van der Waals surface area contributed by atoms with Crippen molar-refractivity contribution in [2.75, 3.05) is 6.61 Å². The molecule has 1 N–H and O–H groups in total. The molecule has 114 valence electrons. The molecule has 1 aromatic carbocycles. The molecule has 0 unspecified atom stereocenters. The van der Waals surface area contributed by atoms with Gasteiger partial charge in [0.05, 0.1) is 17.9 Å².